The number of esters is 1. The summed E-state index contributed by atoms with van der Waals surface area (Å²) in [7, 11) is 0. The number of hydrogen-bond acceptors (Lipinski definition) is 4. The molecule has 0 radical (unpaired) electrons. The van der Waals surface area contributed by atoms with Gasteiger partial charge in [0.2, 0.25) is 0 Å². The molecule has 0 saturated heterocycles. The van der Waals surface area contributed by atoms with Gasteiger partial charge in [-0.15, -0.1) is 0 Å². The molecular weight excluding hydrogens is 368 g/mol. The molecule has 1 amide bonds. The summed E-state index contributed by atoms with van der Waals surface area (Å²) < 4.78 is 37.0. The minimum Gasteiger partial charge on any atom is -0.455 e. The Labute approximate surface area is 159 Å². The fraction of sp³-hybridized carbons (Fsp3) is 0.0476. The standard InChI is InChI=1S/C21H15F2NO4/c22-14-10-11-16(17(23)12-14)21(26)27-13-20(25)24-18-8-4-5-9-19(18)28-15-6-2-1-3-7-15/h1-12H,13H2,(H,24,25). The maximum atomic E-state index is 13.6. The monoisotopic (exact) mass is 383 g/mol. The lowest BCUT2D eigenvalue weighted by molar-refractivity contribution is -0.119. The van der Waals surface area contributed by atoms with Crippen LogP contribution in [0.1, 0.15) is 10.4 Å². The third-order valence-corrected chi connectivity index (χ3v) is 3.62. The van der Waals surface area contributed by atoms with Gasteiger partial charge in [-0.2, -0.15) is 0 Å². The van der Waals surface area contributed by atoms with E-state index in [1.165, 1.54) is 0 Å². The quantitative estimate of drug-likeness (QED) is 0.634. The molecule has 3 aromatic rings. The molecule has 3 rings (SSSR count). The van der Waals surface area contributed by atoms with Crippen LogP contribution in [0.25, 0.3) is 0 Å². The summed E-state index contributed by atoms with van der Waals surface area (Å²) in [5.74, 6) is -2.60. The maximum Gasteiger partial charge on any atom is 0.341 e. The Balaban J connectivity index is 1.61. The van der Waals surface area contributed by atoms with Crippen LogP contribution in [0, 0.1) is 11.6 Å². The fourth-order valence-electron chi connectivity index (χ4n) is 2.32. The van der Waals surface area contributed by atoms with E-state index in [2.05, 4.69) is 5.32 Å². The Morgan fingerprint density at radius 3 is 2.36 bits per heavy atom. The number of para-hydroxylation sites is 3. The number of nitrogens with one attached hydrogen (secondary N) is 1. The second-order valence-corrected chi connectivity index (χ2v) is 5.66. The van der Waals surface area contributed by atoms with Crippen molar-refractivity contribution < 1.29 is 27.8 Å². The van der Waals surface area contributed by atoms with E-state index in [9.17, 15) is 18.4 Å². The number of halogens is 2. The second kappa shape index (κ2) is 8.77. The Morgan fingerprint density at radius 1 is 0.893 bits per heavy atom. The van der Waals surface area contributed by atoms with E-state index >= 15 is 0 Å². The number of benzene rings is 3. The normalized spacial score (nSPS) is 10.2. The lowest BCUT2D eigenvalue weighted by atomic mass is 10.2. The Bertz CT molecular complexity index is 993. The third kappa shape index (κ3) is 4.91. The van der Waals surface area contributed by atoms with E-state index in [0.717, 1.165) is 12.1 Å². The molecule has 0 fully saturated rings. The van der Waals surface area contributed by atoms with Crippen molar-refractivity contribution in [3.63, 3.8) is 0 Å². The summed E-state index contributed by atoms with van der Waals surface area (Å²) in [4.78, 5) is 23.9. The van der Waals surface area contributed by atoms with E-state index in [4.69, 9.17) is 9.47 Å². The highest BCUT2D eigenvalue weighted by atomic mass is 19.1. The lowest BCUT2D eigenvalue weighted by Crippen LogP contribution is -2.21. The zero-order valence-electron chi connectivity index (χ0n) is 14.5. The zero-order chi connectivity index (χ0) is 19.9. The topological polar surface area (TPSA) is 64.6 Å². The first-order valence-electron chi connectivity index (χ1n) is 8.27. The highest BCUT2D eigenvalue weighted by Gasteiger charge is 2.16. The fourth-order valence-corrected chi connectivity index (χ4v) is 2.32. The number of ether oxygens (including phenoxy) is 2. The summed E-state index contributed by atoms with van der Waals surface area (Å²) in [6.45, 7) is -0.644. The van der Waals surface area contributed by atoms with E-state index in [-0.39, 0.29) is 0 Å². The highest BCUT2D eigenvalue weighted by molar-refractivity contribution is 5.96. The first-order valence-corrected chi connectivity index (χ1v) is 8.27. The van der Waals surface area contributed by atoms with Gasteiger partial charge in [-0.05, 0) is 36.4 Å². The largest absolute Gasteiger partial charge is 0.455 e. The Morgan fingerprint density at radius 2 is 1.61 bits per heavy atom. The van der Waals surface area contributed by atoms with Gasteiger partial charge in [-0.3, -0.25) is 4.79 Å². The smallest absolute Gasteiger partial charge is 0.341 e. The van der Waals surface area contributed by atoms with Crippen molar-refractivity contribution in [3.8, 4) is 11.5 Å². The van der Waals surface area contributed by atoms with E-state index in [1.807, 2.05) is 18.2 Å². The molecule has 0 unspecified atom stereocenters. The molecule has 3 aromatic carbocycles. The van der Waals surface area contributed by atoms with Gasteiger partial charge in [0.1, 0.15) is 17.4 Å². The molecule has 0 aliphatic carbocycles. The number of amides is 1. The predicted molar refractivity (Wildman–Crippen MR) is 98.2 cm³/mol. The van der Waals surface area contributed by atoms with Gasteiger partial charge in [0, 0.05) is 6.07 Å². The molecule has 0 spiro atoms. The molecule has 0 aromatic heterocycles. The molecule has 0 heterocycles. The molecule has 0 aliphatic heterocycles. The van der Waals surface area contributed by atoms with E-state index in [0.29, 0.717) is 23.3 Å². The number of hydrogen-bond donors (Lipinski definition) is 1. The number of rotatable bonds is 6. The van der Waals surface area contributed by atoms with Crippen LogP contribution >= 0.6 is 0 Å². The van der Waals surface area contributed by atoms with Crippen LogP contribution in [0.2, 0.25) is 0 Å². The highest BCUT2D eigenvalue weighted by Crippen LogP contribution is 2.29. The zero-order valence-corrected chi connectivity index (χ0v) is 14.5. The van der Waals surface area contributed by atoms with Crippen LogP contribution in [-0.2, 0) is 9.53 Å². The molecule has 0 bridgehead atoms. The van der Waals surface area contributed by atoms with Crippen molar-refractivity contribution in [2.24, 2.45) is 0 Å². The van der Waals surface area contributed by atoms with Gasteiger partial charge in [0.25, 0.3) is 5.91 Å². The van der Waals surface area contributed by atoms with E-state index in [1.54, 1.807) is 36.4 Å². The van der Waals surface area contributed by atoms with Gasteiger partial charge < -0.3 is 14.8 Å². The van der Waals surface area contributed by atoms with Gasteiger partial charge >= 0.3 is 5.97 Å². The van der Waals surface area contributed by atoms with Crippen molar-refractivity contribution in [2.45, 2.75) is 0 Å². The predicted octanol–water partition coefficient (Wildman–Crippen LogP) is 4.55. The summed E-state index contributed by atoms with van der Waals surface area (Å²) in [6.07, 6.45) is 0. The average molecular weight is 383 g/mol. The van der Waals surface area contributed by atoms with Crippen molar-refractivity contribution in [1.82, 2.24) is 0 Å². The summed E-state index contributed by atoms with van der Waals surface area (Å²) in [6, 6.07) is 18.2. The van der Waals surface area contributed by atoms with Gasteiger partial charge in [0.05, 0.1) is 11.3 Å². The maximum absolute atomic E-state index is 13.6. The van der Waals surface area contributed by atoms with Crippen LogP contribution in [0.4, 0.5) is 14.5 Å². The lowest BCUT2D eigenvalue weighted by Gasteiger charge is -2.12. The van der Waals surface area contributed by atoms with Crippen LogP contribution in [0.3, 0.4) is 0 Å². The molecule has 28 heavy (non-hydrogen) atoms. The number of carbonyl (C=O) groups is 2. The summed E-state index contributed by atoms with van der Waals surface area (Å²) in [5.41, 5.74) is -0.0811. The molecule has 1 N–H and O–H groups in total. The molecule has 0 atom stereocenters. The minimum absolute atomic E-state index is 0.375. The Kier molecular flexibility index (Phi) is 5.96. The molecule has 142 valence electrons. The van der Waals surface area contributed by atoms with Crippen molar-refractivity contribution in [3.05, 3.63) is 90.0 Å². The van der Waals surface area contributed by atoms with E-state index < -0.39 is 35.7 Å². The van der Waals surface area contributed by atoms with Crippen molar-refractivity contribution in [2.75, 3.05) is 11.9 Å². The number of carbonyl (C=O) groups excluding carboxylic acids is 2. The van der Waals surface area contributed by atoms with Crippen LogP contribution in [0.5, 0.6) is 11.5 Å². The van der Waals surface area contributed by atoms with Crippen molar-refractivity contribution in [1.29, 1.82) is 0 Å². The van der Waals surface area contributed by atoms with Crippen LogP contribution < -0.4 is 10.1 Å². The molecule has 5 nitrogen and oxygen atoms in total. The Hall–Kier alpha value is -3.74. The average Bonchev–Trinajstić information content (AvgIpc) is 2.68. The minimum atomic E-state index is -1.07. The van der Waals surface area contributed by atoms with Crippen LogP contribution in [-0.4, -0.2) is 18.5 Å². The first kappa shape index (κ1) is 19.0. The molecule has 0 aliphatic rings. The molecule has 7 heteroatoms. The SMILES string of the molecule is O=C(COC(=O)c1ccc(F)cc1F)Nc1ccccc1Oc1ccccc1. The third-order valence-electron chi connectivity index (χ3n) is 3.62. The number of anilines is 1. The molecule has 0 saturated carbocycles. The van der Waals surface area contributed by atoms with Crippen LogP contribution in [0.15, 0.2) is 72.8 Å². The molecular formula is C21H15F2NO4. The van der Waals surface area contributed by atoms with Crippen molar-refractivity contribution >= 4 is 17.6 Å². The van der Waals surface area contributed by atoms with Gasteiger partial charge in [-0.1, -0.05) is 30.3 Å². The summed E-state index contributed by atoms with van der Waals surface area (Å²) in [5, 5.41) is 2.57. The first-order chi connectivity index (χ1) is 13.5. The summed E-state index contributed by atoms with van der Waals surface area (Å²) >= 11 is 0. The van der Waals surface area contributed by atoms with Gasteiger partial charge in [-0.25, -0.2) is 13.6 Å². The van der Waals surface area contributed by atoms with Gasteiger partial charge in [0.15, 0.2) is 12.4 Å². The second-order valence-electron chi connectivity index (χ2n) is 5.66.